The number of hydrogen-bond donors (Lipinski definition) is 1. The lowest BCUT2D eigenvalue weighted by atomic mass is 10.1. The number of imide groups is 1. The number of benzene rings is 3. The molecule has 0 spiro atoms. The first-order valence-electron chi connectivity index (χ1n) is 9.84. The van der Waals surface area contributed by atoms with E-state index in [4.69, 9.17) is 4.74 Å². The van der Waals surface area contributed by atoms with Crippen LogP contribution in [0.15, 0.2) is 84.6 Å². The highest BCUT2D eigenvalue weighted by atomic mass is 16.6. The first kappa shape index (κ1) is 20.8. The molecular formula is C24H19N3O5. The van der Waals surface area contributed by atoms with Crippen LogP contribution in [0.3, 0.4) is 0 Å². The minimum Gasteiger partial charge on any atom is -0.489 e. The van der Waals surface area contributed by atoms with Crippen LogP contribution in [-0.2, 0) is 17.9 Å². The minimum atomic E-state index is -0.451. The summed E-state index contributed by atoms with van der Waals surface area (Å²) < 4.78 is 5.70. The normalized spacial score (nSPS) is 14.5. The average Bonchev–Trinajstić information content (AvgIpc) is 3.07. The predicted octanol–water partition coefficient (Wildman–Crippen LogP) is 4.27. The largest absolute Gasteiger partial charge is 0.489 e. The summed E-state index contributed by atoms with van der Waals surface area (Å²) in [5.74, 6) is 0.232. The maximum absolute atomic E-state index is 12.6. The zero-order valence-corrected chi connectivity index (χ0v) is 16.9. The molecule has 1 aliphatic heterocycles. The molecule has 1 N–H and O–H groups in total. The van der Waals surface area contributed by atoms with Crippen LogP contribution in [0, 0.1) is 10.1 Å². The molecular weight excluding hydrogens is 410 g/mol. The first-order valence-corrected chi connectivity index (χ1v) is 9.84. The Morgan fingerprint density at radius 3 is 2.25 bits per heavy atom. The van der Waals surface area contributed by atoms with E-state index in [1.54, 1.807) is 42.5 Å². The number of carbonyl (C=O) groups excluding carboxylic acids is 2. The smallest absolute Gasteiger partial charge is 0.329 e. The summed E-state index contributed by atoms with van der Waals surface area (Å²) in [6.45, 7) is 0.472. The van der Waals surface area contributed by atoms with E-state index in [-0.39, 0.29) is 30.4 Å². The standard InChI is InChI=1S/C24H19N3O5/c28-23-22(25-24(29)26(23)15-18-4-2-1-3-5-18)14-17-8-12-21(13-9-17)32-16-19-6-10-20(11-7-19)27(30)31/h1-14H,15-16H2,(H,25,29)/b22-14+. The second kappa shape index (κ2) is 9.13. The highest BCUT2D eigenvalue weighted by Gasteiger charge is 2.33. The summed E-state index contributed by atoms with van der Waals surface area (Å²) in [5.41, 5.74) is 2.65. The molecule has 0 atom stereocenters. The van der Waals surface area contributed by atoms with Crippen molar-refractivity contribution >= 4 is 23.7 Å². The number of non-ortho nitro benzene ring substituents is 1. The molecule has 0 bridgehead atoms. The Hall–Kier alpha value is -4.46. The SMILES string of the molecule is O=C1N/C(=C/c2ccc(OCc3ccc([N+](=O)[O-])cc3)cc2)C(=O)N1Cc1ccccc1. The lowest BCUT2D eigenvalue weighted by molar-refractivity contribution is -0.384. The van der Waals surface area contributed by atoms with Crippen molar-refractivity contribution in [2.45, 2.75) is 13.2 Å². The number of nitro benzene ring substituents is 1. The van der Waals surface area contributed by atoms with Crippen LogP contribution in [0.2, 0.25) is 0 Å². The lowest BCUT2D eigenvalue weighted by Gasteiger charge is -2.11. The summed E-state index contributed by atoms with van der Waals surface area (Å²) in [6.07, 6.45) is 1.62. The van der Waals surface area contributed by atoms with Gasteiger partial charge in [-0.25, -0.2) is 4.79 Å². The van der Waals surface area contributed by atoms with Gasteiger partial charge in [0.15, 0.2) is 0 Å². The van der Waals surface area contributed by atoms with Crippen LogP contribution in [0.4, 0.5) is 10.5 Å². The fourth-order valence-electron chi connectivity index (χ4n) is 3.19. The molecule has 3 amide bonds. The van der Waals surface area contributed by atoms with Crippen LogP contribution in [0.5, 0.6) is 5.75 Å². The molecule has 3 aromatic carbocycles. The van der Waals surface area contributed by atoms with Gasteiger partial charge in [-0.2, -0.15) is 0 Å². The van der Waals surface area contributed by atoms with Gasteiger partial charge in [-0.15, -0.1) is 0 Å². The lowest BCUT2D eigenvalue weighted by Crippen LogP contribution is -2.30. The Labute approximate surface area is 183 Å². The van der Waals surface area contributed by atoms with E-state index in [1.165, 1.54) is 17.0 Å². The maximum atomic E-state index is 12.6. The zero-order valence-electron chi connectivity index (χ0n) is 16.9. The molecule has 4 rings (SSSR count). The van der Waals surface area contributed by atoms with Gasteiger partial charge in [0.2, 0.25) is 0 Å². The maximum Gasteiger partial charge on any atom is 0.329 e. The molecule has 1 aliphatic rings. The summed E-state index contributed by atoms with van der Waals surface area (Å²) in [5, 5.41) is 13.3. The predicted molar refractivity (Wildman–Crippen MR) is 117 cm³/mol. The van der Waals surface area contributed by atoms with E-state index in [0.717, 1.165) is 16.7 Å². The topological polar surface area (TPSA) is 102 Å². The Morgan fingerprint density at radius 2 is 1.59 bits per heavy atom. The molecule has 0 aliphatic carbocycles. The Balaban J connectivity index is 1.38. The third-order valence-corrected chi connectivity index (χ3v) is 4.89. The van der Waals surface area contributed by atoms with E-state index in [1.807, 2.05) is 30.3 Å². The number of hydrogen-bond acceptors (Lipinski definition) is 5. The monoisotopic (exact) mass is 429 g/mol. The molecule has 8 heteroatoms. The van der Waals surface area contributed by atoms with Crippen molar-refractivity contribution in [3.05, 3.63) is 111 Å². The van der Waals surface area contributed by atoms with E-state index >= 15 is 0 Å². The number of nitrogens with one attached hydrogen (secondary N) is 1. The fraction of sp³-hybridized carbons (Fsp3) is 0.0833. The van der Waals surface area contributed by atoms with Crippen LogP contribution in [0.25, 0.3) is 6.08 Å². The summed E-state index contributed by atoms with van der Waals surface area (Å²) >= 11 is 0. The van der Waals surface area contributed by atoms with Crippen LogP contribution in [-0.4, -0.2) is 21.8 Å². The van der Waals surface area contributed by atoms with Gasteiger partial charge in [0.05, 0.1) is 11.5 Å². The number of rotatable bonds is 7. The quantitative estimate of drug-likeness (QED) is 0.262. The molecule has 1 saturated heterocycles. The second-order valence-corrected chi connectivity index (χ2v) is 7.15. The van der Waals surface area contributed by atoms with Gasteiger partial charge in [-0.1, -0.05) is 42.5 Å². The van der Waals surface area contributed by atoms with Crippen molar-refractivity contribution in [3.8, 4) is 5.75 Å². The molecule has 8 nitrogen and oxygen atoms in total. The van der Waals surface area contributed by atoms with Crippen molar-refractivity contribution in [2.75, 3.05) is 0 Å². The Morgan fingerprint density at radius 1 is 0.906 bits per heavy atom. The minimum absolute atomic E-state index is 0.0297. The van der Waals surface area contributed by atoms with Gasteiger partial charge in [-0.3, -0.25) is 19.8 Å². The fourth-order valence-corrected chi connectivity index (χ4v) is 3.19. The van der Waals surface area contributed by atoms with Crippen molar-refractivity contribution in [1.29, 1.82) is 0 Å². The summed E-state index contributed by atoms with van der Waals surface area (Å²) in [4.78, 5) is 36.3. The number of urea groups is 1. The van der Waals surface area contributed by atoms with Crippen LogP contribution >= 0.6 is 0 Å². The van der Waals surface area contributed by atoms with Crippen molar-refractivity contribution < 1.29 is 19.2 Å². The molecule has 160 valence electrons. The number of ether oxygens (including phenoxy) is 1. The molecule has 0 radical (unpaired) electrons. The summed E-state index contributed by atoms with van der Waals surface area (Å²) in [7, 11) is 0. The van der Waals surface area contributed by atoms with Crippen LogP contribution < -0.4 is 10.1 Å². The molecule has 32 heavy (non-hydrogen) atoms. The zero-order chi connectivity index (χ0) is 22.5. The Kier molecular flexibility index (Phi) is 5.94. The van der Waals surface area contributed by atoms with E-state index in [2.05, 4.69) is 5.32 Å². The van der Waals surface area contributed by atoms with Crippen LogP contribution in [0.1, 0.15) is 16.7 Å². The molecule has 3 aromatic rings. The second-order valence-electron chi connectivity index (χ2n) is 7.15. The number of carbonyl (C=O) groups is 2. The molecule has 1 fully saturated rings. The van der Waals surface area contributed by atoms with Crippen molar-refractivity contribution in [2.24, 2.45) is 0 Å². The van der Waals surface area contributed by atoms with Gasteiger partial charge < -0.3 is 10.1 Å². The molecule has 0 aromatic heterocycles. The third kappa shape index (κ3) is 4.81. The summed E-state index contributed by atoms with van der Waals surface area (Å²) in [6, 6.07) is 22.1. The molecule has 0 saturated carbocycles. The van der Waals surface area contributed by atoms with Crippen molar-refractivity contribution in [1.82, 2.24) is 10.2 Å². The number of nitro groups is 1. The third-order valence-electron chi connectivity index (χ3n) is 4.89. The number of amides is 3. The number of nitrogens with zero attached hydrogens (tertiary/aromatic N) is 2. The molecule has 1 heterocycles. The van der Waals surface area contributed by atoms with Gasteiger partial charge in [0, 0.05) is 12.1 Å². The molecule has 0 unspecified atom stereocenters. The Bertz CT molecular complexity index is 1170. The van der Waals surface area contributed by atoms with Gasteiger partial charge in [0.1, 0.15) is 18.1 Å². The van der Waals surface area contributed by atoms with Gasteiger partial charge >= 0.3 is 6.03 Å². The highest BCUT2D eigenvalue weighted by Crippen LogP contribution is 2.20. The van der Waals surface area contributed by atoms with Gasteiger partial charge in [-0.05, 0) is 47.0 Å². The van der Waals surface area contributed by atoms with E-state index < -0.39 is 11.0 Å². The average molecular weight is 429 g/mol. The first-order chi connectivity index (χ1) is 15.5. The highest BCUT2D eigenvalue weighted by molar-refractivity contribution is 6.13. The van der Waals surface area contributed by atoms with Crippen molar-refractivity contribution in [3.63, 3.8) is 0 Å². The van der Waals surface area contributed by atoms with E-state index in [9.17, 15) is 19.7 Å². The van der Waals surface area contributed by atoms with E-state index in [0.29, 0.717) is 5.75 Å². The van der Waals surface area contributed by atoms with Gasteiger partial charge in [0.25, 0.3) is 11.6 Å².